The second kappa shape index (κ2) is 6.39. The second-order valence-corrected chi connectivity index (χ2v) is 5.13. The van der Waals surface area contributed by atoms with Crippen molar-refractivity contribution in [2.24, 2.45) is 0 Å². The number of amides is 1. The first-order valence-electron chi connectivity index (χ1n) is 7.22. The Labute approximate surface area is 133 Å². The number of rotatable bonds is 4. The first-order chi connectivity index (χ1) is 11.2. The number of hydrogen-bond acceptors (Lipinski definition) is 5. The zero-order valence-electron chi connectivity index (χ0n) is 12.9. The minimum absolute atomic E-state index is 0.206. The molecular formula is C17H16N4O2. The van der Waals surface area contributed by atoms with Crippen molar-refractivity contribution >= 4 is 5.91 Å². The van der Waals surface area contributed by atoms with Gasteiger partial charge in [0.15, 0.2) is 0 Å². The number of aromatic nitrogens is 3. The van der Waals surface area contributed by atoms with Gasteiger partial charge in [-0.1, -0.05) is 11.2 Å². The van der Waals surface area contributed by atoms with Crippen molar-refractivity contribution in [3.63, 3.8) is 0 Å². The van der Waals surface area contributed by atoms with Crippen molar-refractivity contribution in [3.8, 4) is 11.3 Å². The lowest BCUT2D eigenvalue weighted by Crippen LogP contribution is -2.24. The normalized spacial score (nSPS) is 10.5. The van der Waals surface area contributed by atoms with Gasteiger partial charge in [-0.2, -0.15) is 0 Å². The molecule has 1 N–H and O–H groups in total. The fourth-order valence-electron chi connectivity index (χ4n) is 2.42. The monoisotopic (exact) mass is 308 g/mol. The van der Waals surface area contributed by atoms with Crippen LogP contribution in [0.25, 0.3) is 11.3 Å². The largest absolute Gasteiger partial charge is 0.361 e. The van der Waals surface area contributed by atoms with Crippen molar-refractivity contribution in [1.82, 2.24) is 20.4 Å². The standard InChI is InChI=1S/C17H16N4O2/c1-11-15(12(2)23-21-11)17(22)20-10-14-6-4-8-19-16(14)13-5-3-7-18-9-13/h3-9H,10H2,1-2H3,(H,20,22). The smallest absolute Gasteiger partial charge is 0.257 e. The van der Waals surface area contributed by atoms with Crippen LogP contribution in [0.4, 0.5) is 0 Å². The van der Waals surface area contributed by atoms with Gasteiger partial charge in [0, 0.05) is 30.7 Å². The number of carbonyl (C=O) groups is 1. The zero-order valence-corrected chi connectivity index (χ0v) is 12.9. The summed E-state index contributed by atoms with van der Waals surface area (Å²) >= 11 is 0. The zero-order chi connectivity index (χ0) is 16.2. The van der Waals surface area contributed by atoms with E-state index in [1.54, 1.807) is 32.4 Å². The average Bonchev–Trinajstić information content (AvgIpc) is 2.92. The molecule has 0 atom stereocenters. The molecule has 0 spiro atoms. The molecule has 0 aliphatic heterocycles. The molecule has 3 aromatic heterocycles. The maximum Gasteiger partial charge on any atom is 0.257 e. The van der Waals surface area contributed by atoms with Crippen LogP contribution < -0.4 is 5.32 Å². The molecule has 116 valence electrons. The summed E-state index contributed by atoms with van der Waals surface area (Å²) in [6.07, 6.45) is 5.19. The third-order valence-corrected chi connectivity index (χ3v) is 3.53. The highest BCUT2D eigenvalue weighted by atomic mass is 16.5. The van der Waals surface area contributed by atoms with Gasteiger partial charge in [-0.25, -0.2) is 0 Å². The lowest BCUT2D eigenvalue weighted by atomic mass is 10.1. The van der Waals surface area contributed by atoms with Crippen LogP contribution in [0.15, 0.2) is 47.4 Å². The highest BCUT2D eigenvalue weighted by molar-refractivity contribution is 5.96. The van der Waals surface area contributed by atoms with E-state index in [0.717, 1.165) is 16.8 Å². The Hall–Kier alpha value is -3.02. The third kappa shape index (κ3) is 3.11. The predicted octanol–water partition coefficient (Wildman–Crippen LogP) is 2.68. The Balaban J connectivity index is 1.81. The van der Waals surface area contributed by atoms with Crippen LogP contribution in [0.2, 0.25) is 0 Å². The predicted molar refractivity (Wildman–Crippen MR) is 84.6 cm³/mol. The van der Waals surface area contributed by atoms with E-state index in [9.17, 15) is 4.79 Å². The number of nitrogens with one attached hydrogen (secondary N) is 1. The highest BCUT2D eigenvalue weighted by Crippen LogP contribution is 2.20. The third-order valence-electron chi connectivity index (χ3n) is 3.53. The summed E-state index contributed by atoms with van der Waals surface area (Å²) in [5.74, 6) is 0.306. The van der Waals surface area contributed by atoms with Gasteiger partial charge in [-0.15, -0.1) is 0 Å². The summed E-state index contributed by atoms with van der Waals surface area (Å²) in [5.41, 5.74) is 3.70. The molecular weight excluding hydrogens is 292 g/mol. The maximum absolute atomic E-state index is 12.3. The van der Waals surface area contributed by atoms with Crippen molar-refractivity contribution < 1.29 is 9.32 Å². The van der Waals surface area contributed by atoms with E-state index >= 15 is 0 Å². The summed E-state index contributed by atoms with van der Waals surface area (Å²) in [5, 5.41) is 6.69. The van der Waals surface area contributed by atoms with Crippen LogP contribution in [-0.2, 0) is 6.54 Å². The summed E-state index contributed by atoms with van der Waals surface area (Å²) < 4.78 is 5.03. The number of pyridine rings is 2. The van der Waals surface area contributed by atoms with E-state index in [1.165, 1.54) is 0 Å². The van der Waals surface area contributed by atoms with Gasteiger partial charge in [-0.05, 0) is 37.6 Å². The molecule has 0 aliphatic carbocycles. The molecule has 3 heterocycles. The van der Waals surface area contributed by atoms with Crippen LogP contribution in [-0.4, -0.2) is 21.0 Å². The van der Waals surface area contributed by atoms with E-state index in [2.05, 4.69) is 20.4 Å². The summed E-state index contributed by atoms with van der Waals surface area (Å²) in [7, 11) is 0. The fourth-order valence-corrected chi connectivity index (χ4v) is 2.42. The van der Waals surface area contributed by atoms with Crippen LogP contribution in [0.5, 0.6) is 0 Å². The minimum Gasteiger partial charge on any atom is -0.361 e. The first-order valence-corrected chi connectivity index (χ1v) is 7.22. The molecule has 3 aromatic rings. The Kier molecular flexibility index (Phi) is 4.14. The van der Waals surface area contributed by atoms with Crippen molar-refractivity contribution in [2.45, 2.75) is 20.4 Å². The van der Waals surface area contributed by atoms with Gasteiger partial charge in [0.1, 0.15) is 11.3 Å². The molecule has 23 heavy (non-hydrogen) atoms. The molecule has 0 saturated carbocycles. The molecule has 0 bridgehead atoms. The minimum atomic E-state index is -0.206. The van der Waals surface area contributed by atoms with E-state index in [1.807, 2.05) is 24.3 Å². The summed E-state index contributed by atoms with van der Waals surface area (Å²) in [4.78, 5) is 20.8. The molecule has 6 nitrogen and oxygen atoms in total. The van der Waals surface area contributed by atoms with Gasteiger partial charge >= 0.3 is 0 Å². The quantitative estimate of drug-likeness (QED) is 0.801. The Bertz CT molecular complexity index is 808. The number of aryl methyl sites for hydroxylation is 2. The van der Waals surface area contributed by atoms with Crippen LogP contribution in [0.1, 0.15) is 27.4 Å². The topological polar surface area (TPSA) is 80.9 Å². The van der Waals surface area contributed by atoms with E-state index in [-0.39, 0.29) is 5.91 Å². The van der Waals surface area contributed by atoms with E-state index in [0.29, 0.717) is 23.6 Å². The maximum atomic E-state index is 12.3. The van der Waals surface area contributed by atoms with Crippen molar-refractivity contribution in [1.29, 1.82) is 0 Å². The molecule has 1 amide bonds. The van der Waals surface area contributed by atoms with Crippen molar-refractivity contribution in [3.05, 3.63) is 65.4 Å². The summed E-state index contributed by atoms with van der Waals surface area (Å²) in [6.45, 7) is 3.83. The molecule has 0 radical (unpaired) electrons. The van der Waals surface area contributed by atoms with Gasteiger partial charge in [0.05, 0.1) is 11.4 Å². The molecule has 3 rings (SSSR count). The van der Waals surface area contributed by atoms with Gasteiger partial charge in [0.25, 0.3) is 5.91 Å². The van der Waals surface area contributed by atoms with E-state index in [4.69, 9.17) is 4.52 Å². The van der Waals surface area contributed by atoms with Crippen molar-refractivity contribution in [2.75, 3.05) is 0 Å². The average molecular weight is 308 g/mol. The number of hydrogen-bond donors (Lipinski definition) is 1. The SMILES string of the molecule is Cc1noc(C)c1C(=O)NCc1cccnc1-c1cccnc1. The fraction of sp³-hybridized carbons (Fsp3) is 0.176. The van der Waals surface area contributed by atoms with E-state index < -0.39 is 0 Å². The molecule has 0 aromatic carbocycles. The van der Waals surface area contributed by atoms with Gasteiger partial charge in [-0.3, -0.25) is 14.8 Å². The summed E-state index contributed by atoms with van der Waals surface area (Å²) in [6, 6.07) is 7.57. The Morgan fingerprint density at radius 3 is 2.74 bits per heavy atom. The molecule has 0 aliphatic rings. The number of nitrogens with zero attached hydrogens (tertiary/aromatic N) is 3. The highest BCUT2D eigenvalue weighted by Gasteiger charge is 2.17. The van der Waals surface area contributed by atoms with Gasteiger partial charge in [0.2, 0.25) is 0 Å². The van der Waals surface area contributed by atoms with Crippen LogP contribution >= 0.6 is 0 Å². The molecule has 6 heteroatoms. The molecule has 0 fully saturated rings. The molecule has 0 unspecified atom stereocenters. The number of carbonyl (C=O) groups excluding carboxylic acids is 1. The van der Waals surface area contributed by atoms with Gasteiger partial charge < -0.3 is 9.84 Å². The Morgan fingerprint density at radius 2 is 2.04 bits per heavy atom. The second-order valence-electron chi connectivity index (χ2n) is 5.13. The molecule has 0 saturated heterocycles. The Morgan fingerprint density at radius 1 is 1.22 bits per heavy atom. The lowest BCUT2D eigenvalue weighted by molar-refractivity contribution is 0.0949. The first kappa shape index (κ1) is 14.9. The van der Waals surface area contributed by atoms with Crippen LogP contribution in [0, 0.1) is 13.8 Å². The lowest BCUT2D eigenvalue weighted by Gasteiger charge is -2.09. The van der Waals surface area contributed by atoms with Crippen LogP contribution in [0.3, 0.4) is 0 Å².